The van der Waals surface area contributed by atoms with Gasteiger partial charge in [-0.2, -0.15) is 0 Å². The van der Waals surface area contributed by atoms with Crippen LogP contribution in [0.15, 0.2) is 24.5 Å². The lowest BCUT2D eigenvalue weighted by Gasteiger charge is -2.33. The molecule has 1 aromatic heterocycles. The Kier molecular flexibility index (Phi) is 6.61. The van der Waals surface area contributed by atoms with Gasteiger partial charge in [0.2, 0.25) is 0 Å². The molecule has 0 unspecified atom stereocenters. The van der Waals surface area contributed by atoms with Crippen molar-refractivity contribution in [1.82, 2.24) is 20.3 Å². The van der Waals surface area contributed by atoms with Crippen molar-refractivity contribution in [2.75, 3.05) is 55.9 Å². The number of nitrogens with two attached hydrogens (primary N) is 1. The minimum Gasteiger partial charge on any atom is -0.482 e. The molecule has 4 N–H and O–H groups in total. The first-order chi connectivity index (χ1) is 13.4. The minimum atomic E-state index is -0.426. The average Bonchev–Trinajstić information content (AvgIpc) is 2.67. The Hall–Kier alpha value is -2.49. The number of hydrogen-bond donors (Lipinski definition) is 3. The zero-order chi connectivity index (χ0) is 20.1. The third-order valence-corrected chi connectivity index (χ3v) is 4.77. The van der Waals surface area contributed by atoms with E-state index in [1.165, 1.54) is 12.4 Å². The van der Waals surface area contributed by atoms with Gasteiger partial charge in [-0.05, 0) is 25.2 Å². The molecule has 9 nitrogen and oxygen atoms in total. The van der Waals surface area contributed by atoms with Crippen molar-refractivity contribution in [2.24, 2.45) is 0 Å². The Bertz CT molecular complexity index is 844. The van der Waals surface area contributed by atoms with Gasteiger partial charge in [0.15, 0.2) is 18.2 Å². The molecular weight excluding hydrogens is 405 g/mol. The lowest BCUT2D eigenvalue weighted by atomic mass is 10.3. The third-order valence-electron chi connectivity index (χ3n) is 4.24. The van der Waals surface area contributed by atoms with E-state index in [0.717, 1.165) is 26.2 Å². The number of carbonyl (C=O) groups is 1. The first-order valence-corrected chi connectivity index (χ1v) is 9.36. The molecule has 1 aliphatic rings. The number of hydrazine groups is 1. The van der Waals surface area contributed by atoms with Crippen LogP contribution in [0.5, 0.6) is 5.75 Å². The number of aromatic nitrogens is 2. The highest BCUT2D eigenvalue weighted by Gasteiger charge is 2.19. The van der Waals surface area contributed by atoms with Crippen molar-refractivity contribution in [3.05, 3.63) is 34.6 Å². The zero-order valence-electron chi connectivity index (χ0n) is 15.3. The number of benzene rings is 1. The van der Waals surface area contributed by atoms with Crippen LogP contribution in [0.25, 0.3) is 0 Å². The summed E-state index contributed by atoms with van der Waals surface area (Å²) in [6.45, 7) is 3.24. The van der Waals surface area contributed by atoms with Gasteiger partial charge in [-0.25, -0.2) is 9.97 Å². The smallest absolute Gasteiger partial charge is 0.276 e. The normalized spacial score (nSPS) is 14.6. The molecule has 28 heavy (non-hydrogen) atoms. The van der Waals surface area contributed by atoms with Crippen LogP contribution in [0, 0.1) is 0 Å². The van der Waals surface area contributed by atoms with Crippen molar-refractivity contribution in [3.63, 3.8) is 0 Å². The maximum atomic E-state index is 12.0. The molecule has 1 aliphatic heterocycles. The number of halogens is 2. The number of nitrogens with one attached hydrogen (secondary N) is 2. The molecule has 0 saturated carbocycles. The predicted octanol–water partition coefficient (Wildman–Crippen LogP) is 1.64. The quantitative estimate of drug-likeness (QED) is 0.599. The van der Waals surface area contributed by atoms with Crippen LogP contribution in [-0.2, 0) is 4.79 Å². The number of ether oxygens (including phenoxy) is 1. The van der Waals surface area contributed by atoms with Crippen LogP contribution in [0.1, 0.15) is 0 Å². The monoisotopic (exact) mass is 425 g/mol. The highest BCUT2D eigenvalue weighted by Crippen LogP contribution is 2.28. The van der Waals surface area contributed by atoms with Gasteiger partial charge in [0.25, 0.3) is 5.91 Å². The van der Waals surface area contributed by atoms with Crippen molar-refractivity contribution in [3.8, 4) is 5.75 Å². The molecule has 150 valence electrons. The lowest BCUT2D eigenvalue weighted by molar-refractivity contribution is -0.122. The molecule has 0 atom stereocenters. The topological polar surface area (TPSA) is 109 Å². The fourth-order valence-electron chi connectivity index (χ4n) is 2.66. The fraction of sp³-hybridized carbons (Fsp3) is 0.353. The summed E-state index contributed by atoms with van der Waals surface area (Å²) in [5, 5.41) is 0.809. The van der Waals surface area contributed by atoms with Crippen LogP contribution in [0.3, 0.4) is 0 Å². The summed E-state index contributed by atoms with van der Waals surface area (Å²) >= 11 is 11.8. The summed E-state index contributed by atoms with van der Waals surface area (Å²) in [4.78, 5) is 24.7. The molecule has 0 bridgehead atoms. The van der Waals surface area contributed by atoms with Crippen molar-refractivity contribution >= 4 is 46.4 Å². The molecule has 1 amide bonds. The minimum absolute atomic E-state index is 0.245. The maximum Gasteiger partial charge on any atom is 0.276 e. The zero-order valence-corrected chi connectivity index (χ0v) is 16.8. The van der Waals surface area contributed by atoms with Crippen molar-refractivity contribution in [2.45, 2.75) is 0 Å². The fourth-order valence-corrected chi connectivity index (χ4v) is 3.12. The number of anilines is 3. The summed E-state index contributed by atoms with van der Waals surface area (Å²) in [7, 11) is 2.07. The van der Waals surface area contributed by atoms with E-state index in [9.17, 15) is 4.79 Å². The van der Waals surface area contributed by atoms with E-state index in [-0.39, 0.29) is 6.61 Å². The molecule has 0 spiro atoms. The van der Waals surface area contributed by atoms with Crippen LogP contribution >= 0.6 is 23.2 Å². The molecule has 1 saturated heterocycles. The van der Waals surface area contributed by atoms with E-state index in [1.807, 2.05) is 0 Å². The van der Waals surface area contributed by atoms with Gasteiger partial charge >= 0.3 is 0 Å². The molecule has 2 aromatic rings. The highest BCUT2D eigenvalue weighted by atomic mass is 35.5. The number of piperazine rings is 1. The van der Waals surface area contributed by atoms with E-state index < -0.39 is 5.91 Å². The number of amides is 1. The van der Waals surface area contributed by atoms with Gasteiger partial charge in [0.05, 0.1) is 5.02 Å². The molecule has 1 fully saturated rings. The maximum absolute atomic E-state index is 12.0. The number of nitrogens with zero attached hydrogens (tertiary/aromatic N) is 4. The molecular formula is C17H21Cl2N7O2. The number of nitrogen functional groups attached to an aromatic ring is 1. The van der Waals surface area contributed by atoms with Gasteiger partial charge in [-0.1, -0.05) is 23.2 Å². The van der Waals surface area contributed by atoms with Gasteiger partial charge < -0.3 is 20.3 Å². The number of hydrogen-bond acceptors (Lipinski definition) is 8. The highest BCUT2D eigenvalue weighted by molar-refractivity contribution is 6.35. The largest absolute Gasteiger partial charge is 0.482 e. The van der Waals surface area contributed by atoms with Crippen LogP contribution in [0.2, 0.25) is 10.0 Å². The number of carbonyl (C=O) groups excluding carboxylic acids is 1. The Morgan fingerprint density at radius 2 is 2.00 bits per heavy atom. The number of rotatable bonds is 6. The van der Waals surface area contributed by atoms with Crippen LogP contribution in [0.4, 0.5) is 17.3 Å². The van der Waals surface area contributed by atoms with E-state index in [0.29, 0.717) is 33.1 Å². The lowest BCUT2D eigenvalue weighted by Crippen LogP contribution is -2.45. The Morgan fingerprint density at radius 3 is 2.71 bits per heavy atom. The Morgan fingerprint density at radius 1 is 1.25 bits per heavy atom. The third kappa shape index (κ3) is 5.06. The SMILES string of the molecule is CN1CCN(c2ncnc(NNC(=O)COc3ccc(Cl)cc3Cl)c2N)CC1. The number of likely N-dealkylation sites (N-methyl/N-ethyl adjacent to an activating group) is 1. The van der Waals surface area contributed by atoms with Gasteiger partial charge in [-0.15, -0.1) is 0 Å². The molecule has 11 heteroatoms. The van der Waals surface area contributed by atoms with Gasteiger partial charge in [0, 0.05) is 31.2 Å². The Labute approximate surface area is 172 Å². The Balaban J connectivity index is 1.55. The van der Waals surface area contributed by atoms with Gasteiger partial charge in [0.1, 0.15) is 17.8 Å². The summed E-state index contributed by atoms with van der Waals surface area (Å²) in [5.41, 5.74) is 11.8. The van der Waals surface area contributed by atoms with Gasteiger partial charge in [-0.3, -0.25) is 15.6 Å². The molecule has 2 heterocycles. The molecule has 0 aliphatic carbocycles. The van der Waals surface area contributed by atoms with E-state index >= 15 is 0 Å². The van der Waals surface area contributed by atoms with Crippen molar-refractivity contribution < 1.29 is 9.53 Å². The first kappa shape index (κ1) is 20.2. The van der Waals surface area contributed by atoms with E-state index in [4.69, 9.17) is 33.7 Å². The molecule has 0 radical (unpaired) electrons. The second kappa shape index (κ2) is 9.13. The summed E-state index contributed by atoms with van der Waals surface area (Å²) in [6.07, 6.45) is 1.41. The predicted molar refractivity (Wildman–Crippen MR) is 110 cm³/mol. The second-order valence-corrected chi connectivity index (χ2v) is 7.13. The van der Waals surface area contributed by atoms with E-state index in [1.54, 1.807) is 12.1 Å². The second-order valence-electron chi connectivity index (χ2n) is 6.29. The van der Waals surface area contributed by atoms with Crippen molar-refractivity contribution in [1.29, 1.82) is 0 Å². The van der Waals surface area contributed by atoms with E-state index in [2.05, 4.69) is 37.7 Å². The summed E-state index contributed by atoms with van der Waals surface area (Å²) in [5.74, 6) is 0.899. The first-order valence-electron chi connectivity index (χ1n) is 8.60. The molecule has 3 rings (SSSR count). The summed E-state index contributed by atoms with van der Waals surface area (Å²) in [6, 6.07) is 4.76. The average molecular weight is 426 g/mol. The van der Waals surface area contributed by atoms with Crippen LogP contribution in [-0.4, -0.2) is 60.6 Å². The summed E-state index contributed by atoms with van der Waals surface area (Å²) < 4.78 is 5.38. The standard InChI is InChI=1S/C17H21Cl2N7O2/c1-25-4-6-26(7-5-25)17-15(20)16(21-10-22-17)24-23-14(27)9-28-13-3-2-11(18)8-12(13)19/h2-3,8,10H,4-7,9,20H2,1H3,(H,23,27)(H,21,22,24). The van der Waals surface area contributed by atoms with Crippen LogP contribution < -0.4 is 26.2 Å². The molecule has 1 aromatic carbocycles.